The van der Waals surface area contributed by atoms with Crippen LogP contribution in [0.4, 0.5) is 5.69 Å². The van der Waals surface area contributed by atoms with Gasteiger partial charge < -0.3 is 9.88 Å². The van der Waals surface area contributed by atoms with Crippen LogP contribution >= 0.6 is 0 Å². The molecule has 23 heavy (non-hydrogen) atoms. The zero-order valence-electron chi connectivity index (χ0n) is 13.0. The third-order valence-electron chi connectivity index (χ3n) is 3.83. The van der Waals surface area contributed by atoms with Gasteiger partial charge in [-0.2, -0.15) is 0 Å². The van der Waals surface area contributed by atoms with Crippen molar-refractivity contribution in [1.82, 2.24) is 4.98 Å². The lowest BCUT2D eigenvalue weighted by molar-refractivity contribution is -0.118. The molecule has 3 rings (SSSR count). The van der Waals surface area contributed by atoms with Crippen LogP contribution < -0.4 is 10.5 Å². The summed E-state index contributed by atoms with van der Waals surface area (Å²) in [4.78, 5) is 29.2. The van der Waals surface area contributed by atoms with E-state index < -0.39 is 0 Å². The average Bonchev–Trinajstić information content (AvgIpc) is 2.60. The molecule has 0 fully saturated rings. The number of anilines is 1. The van der Waals surface area contributed by atoms with Crippen LogP contribution in [0.1, 0.15) is 18.9 Å². The van der Waals surface area contributed by atoms with Crippen LogP contribution in [0.5, 0.6) is 0 Å². The number of aromatic nitrogens is 1. The van der Waals surface area contributed by atoms with Crippen molar-refractivity contribution in [3.63, 3.8) is 0 Å². The van der Waals surface area contributed by atoms with E-state index >= 15 is 0 Å². The van der Waals surface area contributed by atoms with Crippen molar-refractivity contribution in [1.29, 1.82) is 0 Å². The van der Waals surface area contributed by atoms with Crippen molar-refractivity contribution in [2.45, 2.75) is 19.9 Å². The molecule has 1 amide bonds. The molecule has 0 aliphatic carbocycles. The summed E-state index contributed by atoms with van der Waals surface area (Å²) in [6.45, 7) is 2.08. The first-order valence-electron chi connectivity index (χ1n) is 7.65. The Morgan fingerprint density at radius 3 is 2.48 bits per heavy atom. The molecule has 0 saturated heterocycles. The van der Waals surface area contributed by atoms with E-state index in [1.807, 2.05) is 67.6 Å². The number of hydrogen-bond acceptors (Lipinski definition) is 2. The number of carbonyl (C=O) groups excluding carboxylic acids is 1. The van der Waals surface area contributed by atoms with Gasteiger partial charge in [-0.3, -0.25) is 9.59 Å². The second-order valence-corrected chi connectivity index (χ2v) is 5.38. The molecular weight excluding hydrogens is 288 g/mol. The molecule has 0 aliphatic rings. The van der Waals surface area contributed by atoms with E-state index in [1.165, 1.54) is 0 Å². The van der Waals surface area contributed by atoms with Crippen molar-refractivity contribution in [3.8, 4) is 0 Å². The van der Waals surface area contributed by atoms with Gasteiger partial charge in [0, 0.05) is 23.2 Å². The Balaban J connectivity index is 2.02. The highest BCUT2D eigenvalue weighted by molar-refractivity contribution is 5.93. The second-order valence-electron chi connectivity index (χ2n) is 5.38. The van der Waals surface area contributed by atoms with Crippen molar-refractivity contribution >= 4 is 22.5 Å². The summed E-state index contributed by atoms with van der Waals surface area (Å²) in [5, 5.41) is 0.957. The lowest BCUT2D eigenvalue weighted by Gasteiger charge is -2.22. The molecule has 0 saturated carbocycles. The van der Waals surface area contributed by atoms with Gasteiger partial charge in [-0.1, -0.05) is 43.3 Å². The number of H-pyrrole nitrogens is 1. The van der Waals surface area contributed by atoms with E-state index in [0.29, 0.717) is 12.0 Å². The molecular formula is C19H18N2O2. The Hall–Kier alpha value is -2.88. The predicted molar refractivity (Wildman–Crippen MR) is 92.5 cm³/mol. The number of amides is 1. The Kier molecular flexibility index (Phi) is 4.24. The Bertz CT molecular complexity index is 885. The number of carbonyl (C=O) groups is 1. The summed E-state index contributed by atoms with van der Waals surface area (Å²) in [6, 6.07) is 18.9. The van der Waals surface area contributed by atoms with Gasteiger partial charge in [0.25, 0.3) is 5.56 Å². The van der Waals surface area contributed by atoms with E-state index in [0.717, 1.165) is 16.6 Å². The zero-order valence-corrected chi connectivity index (χ0v) is 13.0. The maximum absolute atomic E-state index is 12.3. The quantitative estimate of drug-likeness (QED) is 0.802. The average molecular weight is 306 g/mol. The van der Waals surface area contributed by atoms with Crippen LogP contribution in [0.15, 0.2) is 65.5 Å². The zero-order chi connectivity index (χ0) is 16.2. The topological polar surface area (TPSA) is 53.2 Å². The maximum atomic E-state index is 12.3. The minimum Gasteiger partial charge on any atom is -0.322 e. The molecule has 3 aromatic rings. The van der Waals surface area contributed by atoms with Gasteiger partial charge >= 0.3 is 0 Å². The summed E-state index contributed by atoms with van der Waals surface area (Å²) in [5.74, 6) is -0.0104. The number of rotatable bonds is 4. The molecule has 0 bridgehead atoms. The number of nitrogens with zero attached hydrogens (tertiary/aromatic N) is 1. The number of benzene rings is 2. The van der Waals surface area contributed by atoms with Crippen LogP contribution in [-0.4, -0.2) is 10.9 Å². The maximum Gasteiger partial charge on any atom is 0.253 e. The number of hydrogen-bond donors (Lipinski definition) is 1. The monoisotopic (exact) mass is 306 g/mol. The molecule has 0 unspecified atom stereocenters. The molecule has 4 heteroatoms. The van der Waals surface area contributed by atoms with Gasteiger partial charge in [-0.25, -0.2) is 0 Å². The fourth-order valence-electron chi connectivity index (χ4n) is 2.60. The molecule has 0 aliphatic heterocycles. The smallest absolute Gasteiger partial charge is 0.253 e. The van der Waals surface area contributed by atoms with Crippen LogP contribution in [0.2, 0.25) is 0 Å². The first kappa shape index (κ1) is 15.0. The molecule has 1 N–H and O–H groups in total. The molecule has 116 valence electrons. The van der Waals surface area contributed by atoms with E-state index in [1.54, 1.807) is 4.90 Å². The van der Waals surface area contributed by atoms with Gasteiger partial charge in [-0.05, 0) is 29.7 Å². The summed E-state index contributed by atoms with van der Waals surface area (Å²) >= 11 is 0. The largest absolute Gasteiger partial charge is 0.322 e. The van der Waals surface area contributed by atoms with Crippen molar-refractivity contribution in [2.75, 3.05) is 4.90 Å². The summed E-state index contributed by atoms with van der Waals surface area (Å²) in [5.41, 5.74) is 2.02. The van der Waals surface area contributed by atoms with Crippen molar-refractivity contribution < 1.29 is 4.79 Å². The Labute approximate surface area is 134 Å². The van der Waals surface area contributed by atoms with E-state index in [9.17, 15) is 9.59 Å². The molecule has 0 atom stereocenters. The normalized spacial score (nSPS) is 10.7. The minimum atomic E-state index is -0.159. The first-order chi connectivity index (χ1) is 11.2. The number of pyridine rings is 1. The van der Waals surface area contributed by atoms with E-state index in [4.69, 9.17) is 0 Å². The fourth-order valence-corrected chi connectivity index (χ4v) is 2.60. The third-order valence-corrected chi connectivity index (χ3v) is 3.83. The molecule has 1 heterocycles. The number of fused-ring (bicyclic) bond motifs is 1. The van der Waals surface area contributed by atoms with Crippen LogP contribution in [0, 0.1) is 0 Å². The van der Waals surface area contributed by atoms with Crippen LogP contribution in [0.3, 0.4) is 0 Å². The first-order valence-corrected chi connectivity index (χ1v) is 7.65. The minimum absolute atomic E-state index is 0.0104. The Morgan fingerprint density at radius 2 is 1.74 bits per heavy atom. The second kappa shape index (κ2) is 6.48. The van der Waals surface area contributed by atoms with Gasteiger partial charge in [0.15, 0.2) is 0 Å². The fraction of sp³-hybridized carbons (Fsp3) is 0.158. The van der Waals surface area contributed by atoms with Crippen LogP contribution in [-0.2, 0) is 11.3 Å². The highest BCUT2D eigenvalue weighted by Gasteiger charge is 2.16. The highest BCUT2D eigenvalue weighted by atomic mass is 16.2. The lowest BCUT2D eigenvalue weighted by atomic mass is 10.1. The third kappa shape index (κ3) is 3.16. The molecule has 0 radical (unpaired) electrons. The SMILES string of the molecule is CCC(=O)N(Cc1cc2ccccc2[nH]c1=O)c1ccccc1. The summed E-state index contributed by atoms with van der Waals surface area (Å²) < 4.78 is 0. The lowest BCUT2D eigenvalue weighted by Crippen LogP contribution is -2.32. The molecule has 0 spiro atoms. The Morgan fingerprint density at radius 1 is 1.04 bits per heavy atom. The van der Waals surface area contributed by atoms with Crippen molar-refractivity contribution in [3.05, 3.63) is 76.6 Å². The predicted octanol–water partition coefficient (Wildman–Crippen LogP) is 3.47. The van der Waals surface area contributed by atoms with Gasteiger partial charge in [0.1, 0.15) is 0 Å². The number of aromatic amines is 1. The highest BCUT2D eigenvalue weighted by Crippen LogP contribution is 2.18. The summed E-state index contributed by atoms with van der Waals surface area (Å²) in [6.07, 6.45) is 0.389. The van der Waals surface area contributed by atoms with Gasteiger partial charge in [0.05, 0.1) is 6.54 Å². The number of nitrogens with one attached hydrogen (secondary N) is 1. The molecule has 4 nitrogen and oxygen atoms in total. The number of para-hydroxylation sites is 2. The van der Waals surface area contributed by atoms with Gasteiger partial charge in [-0.15, -0.1) is 0 Å². The van der Waals surface area contributed by atoms with E-state index in [2.05, 4.69) is 4.98 Å². The van der Waals surface area contributed by atoms with E-state index in [-0.39, 0.29) is 18.0 Å². The van der Waals surface area contributed by atoms with Crippen LogP contribution in [0.25, 0.3) is 10.9 Å². The molecule has 1 aromatic heterocycles. The van der Waals surface area contributed by atoms with Gasteiger partial charge in [0.2, 0.25) is 5.91 Å². The van der Waals surface area contributed by atoms with Crippen molar-refractivity contribution in [2.24, 2.45) is 0 Å². The standard InChI is InChI=1S/C19H18N2O2/c1-2-18(22)21(16-9-4-3-5-10-16)13-15-12-14-8-6-7-11-17(14)20-19(15)23/h3-12H,2,13H2,1H3,(H,20,23). The summed E-state index contributed by atoms with van der Waals surface area (Å²) in [7, 11) is 0. The molecule has 2 aromatic carbocycles.